The molecule has 1 aromatic rings. The molecule has 27 heavy (non-hydrogen) atoms. The minimum atomic E-state index is -1.17. The summed E-state index contributed by atoms with van der Waals surface area (Å²) in [4.78, 5) is 26.1. The predicted octanol–water partition coefficient (Wildman–Crippen LogP) is 2.92. The first-order valence-electron chi connectivity index (χ1n) is 9.16. The Morgan fingerprint density at radius 1 is 1.26 bits per heavy atom. The number of ether oxygens (including phenoxy) is 2. The molecule has 1 saturated heterocycles. The molecule has 0 saturated carbocycles. The van der Waals surface area contributed by atoms with Crippen LogP contribution >= 0.6 is 0 Å². The van der Waals surface area contributed by atoms with E-state index in [9.17, 15) is 14.7 Å². The number of hydrogen-bond donors (Lipinski definition) is 2. The van der Waals surface area contributed by atoms with Gasteiger partial charge in [0.2, 0.25) is 0 Å². The highest BCUT2D eigenvalue weighted by atomic mass is 16.6. The second-order valence-electron chi connectivity index (χ2n) is 8.27. The fourth-order valence-corrected chi connectivity index (χ4v) is 2.94. The third-order valence-electron chi connectivity index (χ3n) is 4.75. The van der Waals surface area contributed by atoms with Crippen LogP contribution in [0.5, 0.6) is 0 Å². The molecule has 1 aliphatic rings. The average Bonchev–Trinajstić information content (AvgIpc) is 2.56. The fourth-order valence-electron chi connectivity index (χ4n) is 2.94. The molecule has 0 aromatic heterocycles. The highest BCUT2D eigenvalue weighted by molar-refractivity contribution is 5.70. The quantitative estimate of drug-likeness (QED) is 0.844. The summed E-state index contributed by atoms with van der Waals surface area (Å²) in [5, 5.41) is 13.5. The molecular weight excluding hydrogens is 348 g/mol. The molecule has 0 spiro atoms. The Kier molecular flexibility index (Phi) is 6.36. The van der Waals surface area contributed by atoms with Gasteiger partial charge in [0, 0.05) is 19.0 Å². The minimum Gasteiger partial charge on any atom is -0.445 e. The molecule has 1 aliphatic heterocycles. The van der Waals surface area contributed by atoms with Gasteiger partial charge in [0.05, 0.1) is 11.6 Å². The standard InChI is InChI=1S/C20H30N2O5/c1-14-11-22(18(24)26-13-15-9-7-6-8-10-15)12-16(20(14,5)25)21-17(23)27-19(2,3)4/h6-10,14,16,25H,11-13H2,1-5H3,(H,21,23)/t14-,16+,20-/m0/s1. The zero-order chi connectivity index (χ0) is 20.2. The molecular formula is C20H30N2O5. The molecule has 0 unspecified atom stereocenters. The zero-order valence-electron chi connectivity index (χ0n) is 16.7. The maximum Gasteiger partial charge on any atom is 0.410 e. The van der Waals surface area contributed by atoms with Crippen molar-refractivity contribution < 1.29 is 24.2 Å². The van der Waals surface area contributed by atoms with Crippen LogP contribution in [0.4, 0.5) is 9.59 Å². The smallest absolute Gasteiger partial charge is 0.410 e. The fraction of sp³-hybridized carbons (Fsp3) is 0.600. The Hall–Kier alpha value is -2.28. The summed E-state index contributed by atoms with van der Waals surface area (Å²) in [7, 11) is 0. The minimum absolute atomic E-state index is 0.143. The van der Waals surface area contributed by atoms with E-state index in [0.29, 0.717) is 6.54 Å². The maximum atomic E-state index is 12.5. The number of carbonyl (C=O) groups is 2. The Labute approximate surface area is 160 Å². The third kappa shape index (κ3) is 5.85. The molecule has 7 heteroatoms. The van der Waals surface area contributed by atoms with Gasteiger partial charge in [0.15, 0.2) is 0 Å². The number of alkyl carbamates (subject to hydrolysis) is 1. The van der Waals surface area contributed by atoms with Crippen LogP contribution < -0.4 is 5.32 Å². The summed E-state index contributed by atoms with van der Waals surface area (Å²) in [6.07, 6.45) is -1.10. The largest absolute Gasteiger partial charge is 0.445 e. The van der Waals surface area contributed by atoms with E-state index in [1.165, 1.54) is 4.90 Å². The first-order valence-corrected chi connectivity index (χ1v) is 9.16. The van der Waals surface area contributed by atoms with E-state index in [2.05, 4.69) is 5.32 Å². The van der Waals surface area contributed by atoms with Gasteiger partial charge in [-0.15, -0.1) is 0 Å². The van der Waals surface area contributed by atoms with E-state index < -0.39 is 29.4 Å². The average molecular weight is 378 g/mol. The van der Waals surface area contributed by atoms with E-state index in [-0.39, 0.29) is 19.1 Å². The van der Waals surface area contributed by atoms with Gasteiger partial charge in [-0.1, -0.05) is 37.3 Å². The van der Waals surface area contributed by atoms with Crippen molar-refractivity contribution >= 4 is 12.2 Å². The Morgan fingerprint density at radius 3 is 2.48 bits per heavy atom. The molecule has 2 N–H and O–H groups in total. The summed E-state index contributed by atoms with van der Waals surface area (Å²) in [5.41, 5.74) is -0.927. The number of nitrogens with zero attached hydrogens (tertiary/aromatic N) is 1. The van der Waals surface area contributed by atoms with Gasteiger partial charge in [-0.25, -0.2) is 9.59 Å². The van der Waals surface area contributed by atoms with E-state index >= 15 is 0 Å². The Bertz CT molecular complexity index is 654. The van der Waals surface area contributed by atoms with Crippen molar-refractivity contribution in [3.05, 3.63) is 35.9 Å². The van der Waals surface area contributed by atoms with Crippen molar-refractivity contribution in [3.8, 4) is 0 Å². The van der Waals surface area contributed by atoms with Crippen LogP contribution in [0.15, 0.2) is 30.3 Å². The molecule has 3 atom stereocenters. The molecule has 0 radical (unpaired) electrons. The van der Waals surface area contributed by atoms with Crippen LogP contribution in [-0.2, 0) is 16.1 Å². The van der Waals surface area contributed by atoms with E-state index in [1.54, 1.807) is 27.7 Å². The first-order chi connectivity index (χ1) is 12.5. The Morgan fingerprint density at radius 2 is 1.89 bits per heavy atom. The third-order valence-corrected chi connectivity index (χ3v) is 4.75. The van der Waals surface area contributed by atoms with Crippen LogP contribution in [0.25, 0.3) is 0 Å². The SMILES string of the molecule is C[C@H]1CN(C(=O)OCc2ccccc2)C[C@@H](NC(=O)OC(C)(C)C)[C@@]1(C)O. The van der Waals surface area contributed by atoms with Gasteiger partial charge in [0.25, 0.3) is 0 Å². The number of nitrogens with one attached hydrogen (secondary N) is 1. The van der Waals surface area contributed by atoms with Gasteiger partial charge in [-0.2, -0.15) is 0 Å². The number of benzene rings is 1. The molecule has 7 nitrogen and oxygen atoms in total. The van der Waals surface area contributed by atoms with Gasteiger partial charge in [0.1, 0.15) is 12.2 Å². The van der Waals surface area contributed by atoms with Crippen molar-refractivity contribution in [1.82, 2.24) is 10.2 Å². The van der Waals surface area contributed by atoms with Crippen LogP contribution in [0.2, 0.25) is 0 Å². The summed E-state index contributed by atoms with van der Waals surface area (Å²) in [6.45, 7) is 9.44. The lowest BCUT2D eigenvalue weighted by Crippen LogP contribution is -2.66. The lowest BCUT2D eigenvalue weighted by atomic mass is 9.80. The number of rotatable bonds is 3. The van der Waals surface area contributed by atoms with E-state index in [0.717, 1.165) is 5.56 Å². The number of piperidine rings is 1. The highest BCUT2D eigenvalue weighted by Gasteiger charge is 2.45. The summed E-state index contributed by atoms with van der Waals surface area (Å²) in [6, 6.07) is 8.74. The predicted molar refractivity (Wildman–Crippen MR) is 101 cm³/mol. The van der Waals surface area contributed by atoms with Gasteiger partial charge in [-0.05, 0) is 33.3 Å². The summed E-state index contributed by atoms with van der Waals surface area (Å²) in [5.74, 6) is -0.254. The second kappa shape index (κ2) is 8.17. The van der Waals surface area contributed by atoms with Crippen LogP contribution in [0, 0.1) is 5.92 Å². The molecule has 1 aromatic carbocycles. The number of carbonyl (C=O) groups excluding carboxylic acids is 2. The number of hydrogen-bond acceptors (Lipinski definition) is 5. The molecule has 1 fully saturated rings. The van der Waals surface area contributed by atoms with Crippen molar-refractivity contribution in [3.63, 3.8) is 0 Å². The van der Waals surface area contributed by atoms with Crippen molar-refractivity contribution in [2.45, 2.75) is 58.5 Å². The van der Waals surface area contributed by atoms with Gasteiger partial charge < -0.3 is 24.8 Å². The van der Waals surface area contributed by atoms with E-state index in [4.69, 9.17) is 9.47 Å². The van der Waals surface area contributed by atoms with Crippen LogP contribution in [0.1, 0.15) is 40.2 Å². The summed E-state index contributed by atoms with van der Waals surface area (Å²) >= 11 is 0. The molecule has 0 bridgehead atoms. The van der Waals surface area contributed by atoms with Crippen LogP contribution in [0.3, 0.4) is 0 Å². The second-order valence-corrected chi connectivity index (χ2v) is 8.27. The molecule has 0 aliphatic carbocycles. The van der Waals surface area contributed by atoms with Crippen molar-refractivity contribution in [2.75, 3.05) is 13.1 Å². The van der Waals surface area contributed by atoms with E-state index in [1.807, 2.05) is 37.3 Å². The molecule has 150 valence electrons. The number of likely N-dealkylation sites (tertiary alicyclic amines) is 1. The maximum absolute atomic E-state index is 12.5. The Balaban J connectivity index is 2.00. The highest BCUT2D eigenvalue weighted by Crippen LogP contribution is 2.28. The normalized spacial score (nSPS) is 25.6. The topological polar surface area (TPSA) is 88.1 Å². The van der Waals surface area contributed by atoms with Gasteiger partial charge in [-0.3, -0.25) is 0 Å². The molecule has 2 rings (SSSR count). The number of aliphatic hydroxyl groups is 1. The molecule has 2 amide bonds. The van der Waals surface area contributed by atoms with Crippen LogP contribution in [-0.4, -0.2) is 52.5 Å². The first kappa shape index (κ1) is 21.0. The molecule has 1 heterocycles. The van der Waals surface area contributed by atoms with Crippen molar-refractivity contribution in [2.24, 2.45) is 5.92 Å². The lowest BCUT2D eigenvalue weighted by Gasteiger charge is -2.46. The monoisotopic (exact) mass is 378 g/mol. The number of amides is 2. The summed E-state index contributed by atoms with van der Waals surface area (Å²) < 4.78 is 10.7. The van der Waals surface area contributed by atoms with Crippen molar-refractivity contribution in [1.29, 1.82) is 0 Å². The lowest BCUT2D eigenvalue weighted by molar-refractivity contribution is -0.0752. The van der Waals surface area contributed by atoms with Gasteiger partial charge >= 0.3 is 12.2 Å². The zero-order valence-corrected chi connectivity index (χ0v) is 16.7.